The summed E-state index contributed by atoms with van der Waals surface area (Å²) in [5, 5.41) is 3.94. The highest BCUT2D eigenvalue weighted by molar-refractivity contribution is 5.82. The van der Waals surface area contributed by atoms with Crippen molar-refractivity contribution in [3.63, 3.8) is 0 Å². The largest absolute Gasteiger partial charge is 0.465 e. The number of ether oxygens (including phenoxy) is 2. The zero-order chi connectivity index (χ0) is 14.4. The summed E-state index contributed by atoms with van der Waals surface area (Å²) in [5.74, 6) is 0.750. The van der Waals surface area contributed by atoms with Crippen LogP contribution >= 0.6 is 0 Å². The van der Waals surface area contributed by atoms with Crippen LogP contribution in [0.25, 0.3) is 0 Å². The molecule has 0 saturated heterocycles. The summed E-state index contributed by atoms with van der Waals surface area (Å²) < 4.78 is 15.6. The summed E-state index contributed by atoms with van der Waals surface area (Å²) in [7, 11) is 1.63. The first-order valence-corrected chi connectivity index (χ1v) is 7.22. The third-order valence-electron chi connectivity index (χ3n) is 3.78. The highest BCUT2D eigenvalue weighted by Crippen LogP contribution is 2.39. The van der Waals surface area contributed by atoms with Crippen LogP contribution in [0.1, 0.15) is 50.7 Å². The van der Waals surface area contributed by atoms with Gasteiger partial charge in [0.2, 0.25) is 5.89 Å². The molecule has 0 atom stereocenters. The molecule has 0 N–H and O–H groups in total. The van der Waals surface area contributed by atoms with Crippen LogP contribution in [0.3, 0.4) is 0 Å². The zero-order valence-corrected chi connectivity index (χ0v) is 12.2. The molecule has 0 aromatic carbocycles. The van der Waals surface area contributed by atoms with Gasteiger partial charge in [-0.05, 0) is 19.8 Å². The fourth-order valence-corrected chi connectivity index (χ4v) is 2.67. The van der Waals surface area contributed by atoms with E-state index in [1.54, 1.807) is 7.11 Å². The molecular formula is C14H22N2O4. The molecule has 1 aromatic rings. The van der Waals surface area contributed by atoms with Crippen LogP contribution in [0.4, 0.5) is 0 Å². The second kappa shape index (κ2) is 6.83. The molecule has 0 radical (unpaired) electrons. The van der Waals surface area contributed by atoms with Crippen LogP contribution in [0, 0.1) is 0 Å². The maximum Gasteiger partial charge on any atom is 0.321 e. The van der Waals surface area contributed by atoms with Gasteiger partial charge in [-0.2, -0.15) is 4.98 Å². The second-order valence-corrected chi connectivity index (χ2v) is 5.12. The van der Waals surface area contributed by atoms with E-state index in [0.717, 1.165) is 32.1 Å². The normalized spacial score (nSPS) is 17.9. The summed E-state index contributed by atoms with van der Waals surface area (Å²) in [5.41, 5.74) is -0.743. The molecule has 1 aromatic heterocycles. The molecule has 112 valence electrons. The molecule has 1 aliphatic carbocycles. The van der Waals surface area contributed by atoms with Crippen LogP contribution in [0.2, 0.25) is 0 Å². The van der Waals surface area contributed by atoms with Crippen molar-refractivity contribution in [2.45, 2.75) is 50.9 Å². The van der Waals surface area contributed by atoms with Crippen molar-refractivity contribution >= 4 is 5.97 Å². The summed E-state index contributed by atoms with van der Waals surface area (Å²) in [4.78, 5) is 16.8. The molecule has 20 heavy (non-hydrogen) atoms. The molecule has 1 fully saturated rings. The Labute approximate surface area is 118 Å². The van der Waals surface area contributed by atoms with Crippen molar-refractivity contribution in [1.29, 1.82) is 0 Å². The minimum atomic E-state index is -0.743. The smallest absolute Gasteiger partial charge is 0.321 e. The number of hydrogen-bond acceptors (Lipinski definition) is 6. The second-order valence-electron chi connectivity index (χ2n) is 5.12. The van der Waals surface area contributed by atoms with Crippen LogP contribution in [-0.4, -0.2) is 36.4 Å². The SMILES string of the molecule is CCOC(=O)C1(c2nc(CCOC)no2)CCCCC1. The quantitative estimate of drug-likeness (QED) is 0.743. The average Bonchev–Trinajstić information content (AvgIpc) is 2.95. The third kappa shape index (κ3) is 3.00. The summed E-state index contributed by atoms with van der Waals surface area (Å²) in [6.07, 6.45) is 5.11. The van der Waals surface area contributed by atoms with Crippen molar-refractivity contribution in [3.05, 3.63) is 11.7 Å². The molecule has 6 nitrogen and oxygen atoms in total. The number of aromatic nitrogens is 2. The van der Waals surface area contributed by atoms with Crippen molar-refractivity contribution in [2.24, 2.45) is 0 Å². The Hall–Kier alpha value is -1.43. The number of nitrogens with zero attached hydrogens (tertiary/aromatic N) is 2. The van der Waals surface area contributed by atoms with Crippen molar-refractivity contribution in [3.8, 4) is 0 Å². The number of carbonyl (C=O) groups is 1. The van der Waals surface area contributed by atoms with Crippen LogP contribution < -0.4 is 0 Å². The molecule has 0 spiro atoms. The third-order valence-corrected chi connectivity index (χ3v) is 3.78. The monoisotopic (exact) mass is 282 g/mol. The van der Waals surface area contributed by atoms with Gasteiger partial charge in [0.05, 0.1) is 13.2 Å². The molecule has 2 rings (SSSR count). The molecule has 0 bridgehead atoms. The first kappa shape index (κ1) is 15.0. The van der Waals surface area contributed by atoms with E-state index in [9.17, 15) is 4.79 Å². The van der Waals surface area contributed by atoms with Gasteiger partial charge >= 0.3 is 5.97 Å². The Bertz CT molecular complexity index is 438. The van der Waals surface area contributed by atoms with E-state index < -0.39 is 5.41 Å². The number of hydrogen-bond donors (Lipinski definition) is 0. The topological polar surface area (TPSA) is 74.5 Å². The predicted molar refractivity (Wildman–Crippen MR) is 71.3 cm³/mol. The van der Waals surface area contributed by atoms with Gasteiger partial charge in [0.15, 0.2) is 5.82 Å². The maximum atomic E-state index is 12.4. The van der Waals surface area contributed by atoms with Crippen molar-refractivity contribution in [1.82, 2.24) is 10.1 Å². The molecule has 1 aliphatic rings. The van der Waals surface area contributed by atoms with E-state index >= 15 is 0 Å². The first-order chi connectivity index (χ1) is 9.73. The molecule has 0 aliphatic heterocycles. The number of rotatable bonds is 6. The summed E-state index contributed by atoms with van der Waals surface area (Å²) >= 11 is 0. The fraction of sp³-hybridized carbons (Fsp3) is 0.786. The minimum Gasteiger partial charge on any atom is -0.465 e. The number of methoxy groups -OCH3 is 1. The van der Waals surface area contributed by atoms with Gasteiger partial charge in [0, 0.05) is 13.5 Å². The standard InChI is InChI=1S/C14H22N2O4/c1-3-19-13(17)14(8-5-4-6-9-14)12-15-11(16-20-12)7-10-18-2/h3-10H2,1-2H3. The highest BCUT2D eigenvalue weighted by Gasteiger charge is 2.47. The number of esters is 1. The highest BCUT2D eigenvalue weighted by atomic mass is 16.5. The lowest BCUT2D eigenvalue weighted by atomic mass is 9.74. The fourth-order valence-electron chi connectivity index (χ4n) is 2.67. The van der Waals surface area contributed by atoms with E-state index in [0.29, 0.717) is 31.3 Å². The van der Waals surface area contributed by atoms with Crippen molar-refractivity contribution < 1.29 is 18.8 Å². The van der Waals surface area contributed by atoms with Crippen LogP contribution in [0.15, 0.2) is 4.52 Å². The van der Waals surface area contributed by atoms with E-state index in [4.69, 9.17) is 14.0 Å². The van der Waals surface area contributed by atoms with E-state index in [1.165, 1.54) is 0 Å². The Balaban J connectivity index is 2.21. The van der Waals surface area contributed by atoms with E-state index in [-0.39, 0.29) is 5.97 Å². The van der Waals surface area contributed by atoms with Gasteiger partial charge in [-0.25, -0.2) is 0 Å². The molecular weight excluding hydrogens is 260 g/mol. The zero-order valence-electron chi connectivity index (χ0n) is 12.2. The number of carbonyl (C=O) groups excluding carboxylic acids is 1. The summed E-state index contributed by atoms with van der Waals surface area (Å²) in [6.45, 7) is 2.71. The Morgan fingerprint density at radius 1 is 1.35 bits per heavy atom. The Morgan fingerprint density at radius 3 is 2.75 bits per heavy atom. The molecule has 0 unspecified atom stereocenters. The van der Waals surface area contributed by atoms with Gasteiger partial charge in [-0.1, -0.05) is 24.4 Å². The van der Waals surface area contributed by atoms with Gasteiger partial charge in [0.25, 0.3) is 0 Å². The van der Waals surface area contributed by atoms with Crippen LogP contribution in [-0.2, 0) is 26.1 Å². The molecule has 1 saturated carbocycles. The molecule has 1 heterocycles. The van der Waals surface area contributed by atoms with Gasteiger partial charge < -0.3 is 14.0 Å². The van der Waals surface area contributed by atoms with Crippen LogP contribution in [0.5, 0.6) is 0 Å². The first-order valence-electron chi connectivity index (χ1n) is 7.22. The maximum absolute atomic E-state index is 12.4. The molecule has 0 amide bonds. The van der Waals surface area contributed by atoms with Gasteiger partial charge in [-0.3, -0.25) is 4.79 Å². The van der Waals surface area contributed by atoms with E-state index in [1.807, 2.05) is 6.92 Å². The van der Waals surface area contributed by atoms with Gasteiger partial charge in [-0.15, -0.1) is 0 Å². The lowest BCUT2D eigenvalue weighted by molar-refractivity contribution is -0.152. The lowest BCUT2D eigenvalue weighted by Gasteiger charge is -2.31. The Kier molecular flexibility index (Phi) is 5.11. The van der Waals surface area contributed by atoms with Gasteiger partial charge in [0.1, 0.15) is 5.41 Å². The lowest BCUT2D eigenvalue weighted by Crippen LogP contribution is -2.39. The average molecular weight is 282 g/mol. The predicted octanol–water partition coefficient (Wildman–Crippen LogP) is 2.02. The summed E-state index contributed by atoms with van der Waals surface area (Å²) in [6, 6.07) is 0. The van der Waals surface area contributed by atoms with Crippen molar-refractivity contribution in [2.75, 3.05) is 20.3 Å². The minimum absolute atomic E-state index is 0.235. The van der Waals surface area contributed by atoms with E-state index in [2.05, 4.69) is 10.1 Å². The Morgan fingerprint density at radius 2 is 2.10 bits per heavy atom. The molecule has 6 heteroatoms.